The van der Waals surface area contributed by atoms with Crippen LogP contribution in [0.1, 0.15) is 44.6 Å². The Balaban J connectivity index is 1.66. The Hall–Kier alpha value is -1.56. The van der Waals surface area contributed by atoms with E-state index < -0.39 is 9.84 Å². The highest BCUT2D eigenvalue weighted by Gasteiger charge is 2.45. The van der Waals surface area contributed by atoms with Crippen LogP contribution in [0.2, 0.25) is 0 Å². The minimum atomic E-state index is -2.95. The second-order valence-electron chi connectivity index (χ2n) is 8.47. The quantitative estimate of drug-likeness (QED) is 0.598. The van der Waals surface area contributed by atoms with E-state index in [4.69, 9.17) is 4.99 Å². The fraction of sp³-hybridized carbons (Fsp3) is 0.667. The van der Waals surface area contributed by atoms with E-state index in [1.807, 2.05) is 0 Å². The van der Waals surface area contributed by atoms with Crippen molar-refractivity contribution in [2.24, 2.45) is 16.3 Å². The van der Waals surface area contributed by atoms with Crippen LogP contribution in [0.15, 0.2) is 35.3 Å². The number of nitrogens with one attached hydrogen (secondary N) is 1. The molecule has 1 aliphatic heterocycles. The first-order chi connectivity index (χ1) is 12.8. The highest BCUT2D eigenvalue weighted by atomic mass is 32.2. The van der Waals surface area contributed by atoms with E-state index in [2.05, 4.69) is 54.4 Å². The van der Waals surface area contributed by atoms with Crippen LogP contribution < -0.4 is 5.32 Å². The van der Waals surface area contributed by atoms with Gasteiger partial charge in [-0.15, -0.1) is 0 Å². The predicted octanol–water partition coefficient (Wildman–Crippen LogP) is 2.90. The van der Waals surface area contributed by atoms with Gasteiger partial charge in [-0.25, -0.2) is 8.42 Å². The molecular weight excluding hydrogens is 358 g/mol. The van der Waals surface area contributed by atoms with Crippen LogP contribution in [0.3, 0.4) is 0 Å². The largest absolute Gasteiger partial charge is 0.357 e. The average molecular weight is 392 g/mol. The highest BCUT2D eigenvalue weighted by Crippen LogP contribution is 2.47. The number of hydrogen-bond donors (Lipinski definition) is 1. The summed E-state index contributed by atoms with van der Waals surface area (Å²) in [5.41, 5.74) is 1.30. The minimum Gasteiger partial charge on any atom is -0.357 e. The summed E-state index contributed by atoms with van der Waals surface area (Å²) in [4.78, 5) is 7.21. The molecule has 1 saturated heterocycles. The first-order valence-electron chi connectivity index (χ1n) is 10.1. The van der Waals surface area contributed by atoms with Gasteiger partial charge in [-0.3, -0.25) is 4.99 Å². The SMILES string of the molecule is CCNC(=NCC1(CS(C)(=O)=O)CC1)N1CCC(c2ccccc2)C(C)C1. The lowest BCUT2D eigenvalue weighted by Gasteiger charge is -2.39. The summed E-state index contributed by atoms with van der Waals surface area (Å²) < 4.78 is 23.4. The van der Waals surface area contributed by atoms with Crippen LogP contribution >= 0.6 is 0 Å². The summed E-state index contributed by atoms with van der Waals surface area (Å²) in [6.45, 7) is 7.79. The first kappa shape index (κ1) is 20.2. The molecule has 2 fully saturated rings. The van der Waals surface area contributed by atoms with Crippen molar-refractivity contribution in [3.8, 4) is 0 Å². The number of sulfone groups is 1. The normalized spacial score (nSPS) is 25.3. The number of piperidine rings is 1. The lowest BCUT2D eigenvalue weighted by atomic mass is 9.82. The van der Waals surface area contributed by atoms with Gasteiger partial charge in [0.15, 0.2) is 5.96 Å². The third kappa shape index (κ3) is 5.47. The smallest absolute Gasteiger partial charge is 0.193 e. The van der Waals surface area contributed by atoms with Gasteiger partial charge < -0.3 is 10.2 Å². The Morgan fingerprint density at radius 2 is 2.00 bits per heavy atom. The number of hydrogen-bond acceptors (Lipinski definition) is 3. The van der Waals surface area contributed by atoms with E-state index in [1.54, 1.807) is 0 Å². The maximum atomic E-state index is 11.7. The van der Waals surface area contributed by atoms with Crippen molar-refractivity contribution < 1.29 is 8.42 Å². The lowest BCUT2D eigenvalue weighted by molar-refractivity contribution is 0.234. The van der Waals surface area contributed by atoms with Gasteiger partial charge in [-0.1, -0.05) is 37.3 Å². The van der Waals surface area contributed by atoms with Crippen molar-refractivity contribution in [2.75, 3.05) is 38.2 Å². The number of likely N-dealkylation sites (tertiary alicyclic amines) is 1. The van der Waals surface area contributed by atoms with Crippen molar-refractivity contribution in [3.63, 3.8) is 0 Å². The molecule has 0 amide bonds. The molecular formula is C21H33N3O2S. The number of nitrogens with zero attached hydrogens (tertiary/aromatic N) is 2. The Morgan fingerprint density at radius 1 is 1.30 bits per heavy atom. The fourth-order valence-corrected chi connectivity index (χ4v) is 5.78. The van der Waals surface area contributed by atoms with Crippen molar-refractivity contribution in [2.45, 2.75) is 39.0 Å². The molecule has 150 valence electrons. The monoisotopic (exact) mass is 391 g/mol. The average Bonchev–Trinajstić information content (AvgIpc) is 3.37. The van der Waals surface area contributed by atoms with Crippen LogP contribution in [-0.2, 0) is 9.84 Å². The van der Waals surface area contributed by atoms with Crippen molar-refractivity contribution in [3.05, 3.63) is 35.9 Å². The second kappa shape index (κ2) is 8.21. The lowest BCUT2D eigenvalue weighted by Crippen LogP contribution is -2.48. The minimum absolute atomic E-state index is 0.123. The van der Waals surface area contributed by atoms with Gasteiger partial charge in [-0.05, 0) is 43.6 Å². The standard InChI is InChI=1S/C21H33N3O2S/c1-4-22-20(23-15-21(11-12-21)16-27(3,25)26)24-13-10-19(17(2)14-24)18-8-6-5-7-9-18/h5-9,17,19H,4,10-16H2,1-3H3,(H,22,23). The van der Waals surface area contributed by atoms with Gasteiger partial charge in [-0.2, -0.15) is 0 Å². The molecule has 2 unspecified atom stereocenters. The molecule has 1 saturated carbocycles. The van der Waals surface area contributed by atoms with E-state index in [1.165, 1.54) is 11.8 Å². The van der Waals surface area contributed by atoms with Crippen LogP contribution in [0.5, 0.6) is 0 Å². The molecule has 1 N–H and O–H groups in total. The molecule has 2 aliphatic rings. The van der Waals surface area contributed by atoms with E-state index in [9.17, 15) is 8.42 Å². The Morgan fingerprint density at radius 3 is 2.56 bits per heavy atom. The summed E-state index contributed by atoms with van der Waals surface area (Å²) in [7, 11) is -2.95. The van der Waals surface area contributed by atoms with Crippen LogP contribution in [-0.4, -0.2) is 57.5 Å². The van der Waals surface area contributed by atoms with Gasteiger partial charge in [0, 0.05) is 37.8 Å². The summed E-state index contributed by atoms with van der Waals surface area (Å²) in [6.07, 6.45) is 4.38. The van der Waals surface area contributed by atoms with Crippen LogP contribution in [0.25, 0.3) is 0 Å². The molecule has 5 nitrogen and oxygen atoms in total. The zero-order chi connectivity index (χ0) is 19.5. The van der Waals surface area contributed by atoms with Crippen molar-refractivity contribution in [1.29, 1.82) is 0 Å². The van der Waals surface area contributed by atoms with Gasteiger partial charge in [0.1, 0.15) is 9.84 Å². The molecule has 2 atom stereocenters. The Labute approximate surface area is 164 Å². The zero-order valence-corrected chi connectivity index (χ0v) is 17.6. The van der Waals surface area contributed by atoms with Crippen LogP contribution in [0, 0.1) is 11.3 Å². The van der Waals surface area contributed by atoms with E-state index in [0.717, 1.165) is 44.9 Å². The summed E-state index contributed by atoms with van der Waals surface area (Å²) in [5, 5.41) is 3.42. The van der Waals surface area contributed by atoms with Gasteiger partial charge in [0.25, 0.3) is 0 Å². The summed E-state index contributed by atoms with van der Waals surface area (Å²) in [6, 6.07) is 10.8. The maximum Gasteiger partial charge on any atom is 0.193 e. The third-order valence-corrected chi connectivity index (χ3v) is 6.99. The third-order valence-electron chi connectivity index (χ3n) is 5.86. The van der Waals surface area contributed by atoms with Crippen molar-refractivity contribution >= 4 is 15.8 Å². The van der Waals surface area contributed by atoms with E-state index >= 15 is 0 Å². The number of rotatable bonds is 6. The molecule has 1 aromatic carbocycles. The van der Waals surface area contributed by atoms with Gasteiger partial charge >= 0.3 is 0 Å². The topological polar surface area (TPSA) is 61.8 Å². The Kier molecular flexibility index (Phi) is 6.14. The molecule has 1 aromatic rings. The number of aliphatic imine (C=N–C) groups is 1. The zero-order valence-electron chi connectivity index (χ0n) is 16.8. The van der Waals surface area contributed by atoms with E-state index in [0.29, 0.717) is 18.4 Å². The highest BCUT2D eigenvalue weighted by molar-refractivity contribution is 7.90. The Bertz CT molecular complexity index is 757. The molecule has 0 aromatic heterocycles. The summed E-state index contributed by atoms with van der Waals surface area (Å²) >= 11 is 0. The summed E-state index contributed by atoms with van der Waals surface area (Å²) in [5.74, 6) is 2.34. The van der Waals surface area contributed by atoms with E-state index in [-0.39, 0.29) is 11.2 Å². The second-order valence-corrected chi connectivity index (χ2v) is 10.6. The van der Waals surface area contributed by atoms with Crippen LogP contribution in [0.4, 0.5) is 0 Å². The first-order valence-corrected chi connectivity index (χ1v) is 12.1. The molecule has 0 radical (unpaired) electrons. The fourth-order valence-electron chi connectivity index (χ4n) is 4.28. The number of benzene rings is 1. The molecule has 3 rings (SSSR count). The predicted molar refractivity (Wildman–Crippen MR) is 112 cm³/mol. The molecule has 0 bridgehead atoms. The molecule has 1 heterocycles. The number of guanidine groups is 1. The van der Waals surface area contributed by atoms with Gasteiger partial charge in [0.05, 0.1) is 5.75 Å². The van der Waals surface area contributed by atoms with Gasteiger partial charge in [0.2, 0.25) is 0 Å². The molecule has 0 spiro atoms. The molecule has 27 heavy (non-hydrogen) atoms. The molecule has 6 heteroatoms. The van der Waals surface area contributed by atoms with Crippen molar-refractivity contribution in [1.82, 2.24) is 10.2 Å². The molecule has 1 aliphatic carbocycles. The maximum absolute atomic E-state index is 11.7.